The van der Waals surface area contributed by atoms with Crippen LogP contribution in [0.1, 0.15) is 38.8 Å². The van der Waals surface area contributed by atoms with Gasteiger partial charge in [-0.2, -0.15) is 0 Å². The van der Waals surface area contributed by atoms with Gasteiger partial charge < -0.3 is 5.32 Å². The van der Waals surface area contributed by atoms with Gasteiger partial charge in [0.1, 0.15) is 0 Å². The van der Waals surface area contributed by atoms with E-state index in [4.69, 9.17) is 0 Å². The highest BCUT2D eigenvalue weighted by Crippen LogP contribution is 2.57. The van der Waals surface area contributed by atoms with Gasteiger partial charge >= 0.3 is 0 Å². The van der Waals surface area contributed by atoms with E-state index < -0.39 is 0 Å². The van der Waals surface area contributed by atoms with Crippen LogP contribution >= 0.6 is 0 Å². The van der Waals surface area contributed by atoms with Crippen molar-refractivity contribution < 1.29 is 0 Å². The molecule has 0 spiro atoms. The SMILES string of the molecule is CC1(C)C2CCC1[C@H](NCc1ccccn1)C2. The van der Waals surface area contributed by atoms with Gasteiger partial charge in [0.25, 0.3) is 0 Å². The quantitative estimate of drug-likeness (QED) is 0.863. The lowest BCUT2D eigenvalue weighted by Crippen LogP contribution is -2.35. The van der Waals surface area contributed by atoms with Crippen LogP contribution in [-0.4, -0.2) is 11.0 Å². The fourth-order valence-corrected chi connectivity index (χ4v) is 4.00. The van der Waals surface area contributed by atoms with Crippen LogP contribution in [0.15, 0.2) is 24.4 Å². The Morgan fingerprint density at radius 1 is 1.35 bits per heavy atom. The second-order valence-electron chi connectivity index (χ2n) is 6.25. The first-order valence-corrected chi connectivity index (χ1v) is 6.81. The second-order valence-corrected chi connectivity index (χ2v) is 6.25. The molecule has 0 amide bonds. The number of hydrogen-bond donors (Lipinski definition) is 1. The molecule has 2 unspecified atom stereocenters. The van der Waals surface area contributed by atoms with Crippen LogP contribution in [0.2, 0.25) is 0 Å². The van der Waals surface area contributed by atoms with Gasteiger partial charge in [-0.1, -0.05) is 19.9 Å². The summed E-state index contributed by atoms with van der Waals surface area (Å²) < 4.78 is 0. The molecule has 1 N–H and O–H groups in total. The molecule has 2 heteroatoms. The summed E-state index contributed by atoms with van der Waals surface area (Å²) in [5, 5.41) is 3.72. The molecule has 0 saturated heterocycles. The van der Waals surface area contributed by atoms with Crippen LogP contribution in [-0.2, 0) is 6.54 Å². The van der Waals surface area contributed by atoms with E-state index in [1.165, 1.54) is 19.3 Å². The number of rotatable bonds is 3. The average Bonchev–Trinajstić information content (AvgIpc) is 2.76. The lowest BCUT2D eigenvalue weighted by molar-refractivity contribution is 0.243. The molecule has 1 aromatic rings. The Hall–Kier alpha value is -0.890. The Balaban J connectivity index is 1.61. The van der Waals surface area contributed by atoms with Crippen LogP contribution < -0.4 is 5.32 Å². The highest BCUT2D eigenvalue weighted by Gasteiger charge is 2.52. The van der Waals surface area contributed by atoms with E-state index in [0.717, 1.165) is 24.1 Å². The summed E-state index contributed by atoms with van der Waals surface area (Å²) in [7, 11) is 0. The van der Waals surface area contributed by atoms with E-state index in [2.05, 4.69) is 36.3 Å². The minimum Gasteiger partial charge on any atom is -0.308 e. The Labute approximate surface area is 104 Å². The summed E-state index contributed by atoms with van der Waals surface area (Å²) in [4.78, 5) is 4.38. The molecule has 1 aromatic heterocycles. The monoisotopic (exact) mass is 230 g/mol. The van der Waals surface area contributed by atoms with Crippen molar-refractivity contribution in [3.05, 3.63) is 30.1 Å². The molecule has 2 saturated carbocycles. The van der Waals surface area contributed by atoms with Crippen molar-refractivity contribution in [1.29, 1.82) is 0 Å². The second kappa shape index (κ2) is 4.09. The van der Waals surface area contributed by atoms with Gasteiger partial charge in [-0.3, -0.25) is 4.98 Å². The third-order valence-corrected chi connectivity index (χ3v) is 5.13. The van der Waals surface area contributed by atoms with Gasteiger partial charge in [-0.15, -0.1) is 0 Å². The van der Waals surface area contributed by atoms with Crippen molar-refractivity contribution in [3.63, 3.8) is 0 Å². The number of nitrogens with one attached hydrogen (secondary N) is 1. The summed E-state index contributed by atoms with van der Waals surface area (Å²) in [6.45, 7) is 5.83. The van der Waals surface area contributed by atoms with Gasteiger partial charge in [-0.25, -0.2) is 0 Å². The first-order chi connectivity index (χ1) is 8.18. The predicted molar refractivity (Wildman–Crippen MR) is 69.5 cm³/mol. The zero-order valence-electron chi connectivity index (χ0n) is 10.8. The van der Waals surface area contributed by atoms with Crippen molar-refractivity contribution in [2.24, 2.45) is 17.3 Å². The maximum absolute atomic E-state index is 4.38. The van der Waals surface area contributed by atoms with Gasteiger partial charge in [0, 0.05) is 18.8 Å². The number of hydrogen-bond acceptors (Lipinski definition) is 2. The van der Waals surface area contributed by atoms with Crippen molar-refractivity contribution in [2.75, 3.05) is 0 Å². The molecule has 2 bridgehead atoms. The Bertz CT molecular complexity index is 385. The van der Waals surface area contributed by atoms with E-state index in [1.807, 2.05) is 12.3 Å². The van der Waals surface area contributed by atoms with Crippen molar-refractivity contribution in [1.82, 2.24) is 10.3 Å². The normalized spacial score (nSPS) is 34.1. The Kier molecular flexibility index (Phi) is 2.70. The molecule has 17 heavy (non-hydrogen) atoms. The third-order valence-electron chi connectivity index (χ3n) is 5.13. The van der Waals surface area contributed by atoms with E-state index >= 15 is 0 Å². The lowest BCUT2D eigenvalue weighted by atomic mass is 9.81. The highest BCUT2D eigenvalue weighted by molar-refractivity contribution is 5.07. The summed E-state index contributed by atoms with van der Waals surface area (Å²) in [5.41, 5.74) is 1.72. The van der Waals surface area contributed by atoms with Crippen LogP contribution in [0, 0.1) is 17.3 Å². The van der Waals surface area contributed by atoms with E-state index in [0.29, 0.717) is 11.5 Å². The zero-order valence-corrected chi connectivity index (χ0v) is 10.8. The van der Waals surface area contributed by atoms with Crippen LogP contribution in [0.5, 0.6) is 0 Å². The first kappa shape index (κ1) is 11.2. The minimum atomic E-state index is 0.557. The van der Waals surface area contributed by atoms with Gasteiger partial charge in [-0.05, 0) is 48.6 Å². The lowest BCUT2D eigenvalue weighted by Gasteiger charge is -2.27. The largest absolute Gasteiger partial charge is 0.308 e. The first-order valence-electron chi connectivity index (χ1n) is 6.81. The smallest absolute Gasteiger partial charge is 0.0541 e. The van der Waals surface area contributed by atoms with Crippen LogP contribution in [0.4, 0.5) is 0 Å². The molecule has 2 nitrogen and oxygen atoms in total. The minimum absolute atomic E-state index is 0.557. The van der Waals surface area contributed by atoms with Gasteiger partial charge in [0.15, 0.2) is 0 Å². The number of nitrogens with zero attached hydrogens (tertiary/aromatic N) is 1. The molecule has 2 aliphatic carbocycles. The van der Waals surface area contributed by atoms with E-state index in [-0.39, 0.29) is 0 Å². The average molecular weight is 230 g/mol. The molecular formula is C15H22N2. The molecule has 1 heterocycles. The molecule has 0 aromatic carbocycles. The molecule has 0 aliphatic heterocycles. The molecule has 92 valence electrons. The summed E-state index contributed by atoms with van der Waals surface area (Å²) in [5.74, 6) is 1.81. The molecule has 2 fully saturated rings. The molecule has 0 radical (unpaired) electrons. The van der Waals surface area contributed by atoms with Crippen molar-refractivity contribution in [3.8, 4) is 0 Å². The van der Waals surface area contributed by atoms with Crippen LogP contribution in [0.25, 0.3) is 0 Å². The van der Waals surface area contributed by atoms with E-state index in [9.17, 15) is 0 Å². The van der Waals surface area contributed by atoms with Gasteiger partial charge in [0.2, 0.25) is 0 Å². The number of aromatic nitrogens is 1. The van der Waals surface area contributed by atoms with Crippen molar-refractivity contribution in [2.45, 2.75) is 45.7 Å². The third kappa shape index (κ3) is 1.89. The summed E-state index contributed by atoms with van der Waals surface area (Å²) >= 11 is 0. The highest BCUT2D eigenvalue weighted by atomic mass is 15.0. The Morgan fingerprint density at radius 3 is 2.82 bits per heavy atom. The maximum atomic E-state index is 4.38. The number of fused-ring (bicyclic) bond motifs is 2. The zero-order chi connectivity index (χ0) is 11.9. The molecule has 3 rings (SSSR count). The molecular weight excluding hydrogens is 208 g/mol. The fraction of sp³-hybridized carbons (Fsp3) is 0.667. The summed E-state index contributed by atoms with van der Waals surface area (Å²) in [6, 6.07) is 6.86. The summed E-state index contributed by atoms with van der Waals surface area (Å²) in [6.07, 6.45) is 6.10. The topological polar surface area (TPSA) is 24.9 Å². The molecule has 3 atom stereocenters. The maximum Gasteiger partial charge on any atom is 0.0541 e. The van der Waals surface area contributed by atoms with Crippen LogP contribution in [0.3, 0.4) is 0 Å². The fourth-order valence-electron chi connectivity index (χ4n) is 4.00. The standard InChI is InChI=1S/C15H22N2/c1-15(2)11-6-7-13(15)14(9-11)17-10-12-5-3-4-8-16-12/h3-5,8,11,13-14,17H,6-7,9-10H2,1-2H3/t11?,13?,14-/m1/s1. The number of pyridine rings is 1. The Morgan fingerprint density at radius 2 is 2.24 bits per heavy atom. The van der Waals surface area contributed by atoms with Crippen molar-refractivity contribution >= 4 is 0 Å². The predicted octanol–water partition coefficient (Wildman–Crippen LogP) is 3.00. The van der Waals surface area contributed by atoms with Gasteiger partial charge in [0.05, 0.1) is 5.69 Å². The van der Waals surface area contributed by atoms with E-state index in [1.54, 1.807) is 0 Å². The molecule has 2 aliphatic rings.